The van der Waals surface area contributed by atoms with E-state index >= 15 is 0 Å². The Morgan fingerprint density at radius 3 is 1.14 bits per heavy atom. The highest BCUT2D eigenvalue weighted by Crippen LogP contribution is 2.56. The summed E-state index contributed by atoms with van der Waals surface area (Å²) in [6, 6.07) is 44.7. The molecule has 27 heteroatoms. The van der Waals surface area contributed by atoms with E-state index in [0.29, 0.717) is 93.5 Å². The lowest BCUT2D eigenvalue weighted by Crippen LogP contribution is -2.59. The number of aliphatic carboxylic acids is 2. The standard InChI is InChI=1S/C33H48Cl2N2O5SSi.C27H35Cl2NO4Si.C25H31Cl2NO4Si/c1-22(2)29(21-43(40,41)23(3)4)37-31(24-12-14-26(34)15-13-24)28(25-10-8-11-27(35)18-25)19-33(5,32(37)39)20-30(38)36-16-9-17-44(6,7)42;1-17(2)23(16-35(4,5)34)30-25(18-9-11-20(28)12-10-18)22(19-7-6-8-21(29)13-19)14-27(3,26(30)33)15-24(31)32;1-25(16-22(29)30)15-21(18-6-4-7-20(27)14-18)23(17-8-10-19(26)11-9-17)28(24(25)31)12-5-13-33(2,3)32/h8,10-15,18,22-23,28-29,31,42H,9,16-17,19-21H2,1-7H3,(H,36,38);6-13,17,22-23,25,34H,14-16H2,1-5H3,(H,31,32);4,6-11,14,21,23,32H,5,12-13,15-16H2,1-3H3,(H,29,30)/t28?,29-,31-,33-;22?,23-,25-,27-;21?,23-,25-/m111/s1. The van der Waals surface area contributed by atoms with Gasteiger partial charge in [-0.1, -0.05) is 191 Å². The summed E-state index contributed by atoms with van der Waals surface area (Å²) in [5.41, 5.74) is 2.27. The minimum atomic E-state index is -3.54. The summed E-state index contributed by atoms with van der Waals surface area (Å²) in [5.74, 6) is -3.79. The number of nitrogens with one attached hydrogen (secondary N) is 1. The Labute approximate surface area is 696 Å². The van der Waals surface area contributed by atoms with Crippen molar-refractivity contribution in [3.8, 4) is 0 Å². The van der Waals surface area contributed by atoms with Crippen LogP contribution in [0.1, 0.15) is 183 Å². The molecule has 17 nitrogen and oxygen atoms in total. The molecule has 0 bridgehead atoms. The summed E-state index contributed by atoms with van der Waals surface area (Å²) in [5, 5.41) is 25.2. The summed E-state index contributed by atoms with van der Waals surface area (Å²) in [6.07, 6.45) is 1.87. The number of carboxylic acids is 2. The molecule has 6 aromatic carbocycles. The number of benzene rings is 6. The van der Waals surface area contributed by atoms with Gasteiger partial charge in [0.1, 0.15) is 0 Å². The second-order valence-electron chi connectivity index (χ2n) is 34.7. The number of amides is 4. The molecule has 0 aliphatic carbocycles. The van der Waals surface area contributed by atoms with Crippen LogP contribution in [0.25, 0.3) is 0 Å². The molecule has 4 amide bonds. The molecule has 0 saturated carbocycles. The summed E-state index contributed by atoms with van der Waals surface area (Å²) in [7, 11) is -10.6. The molecule has 3 unspecified atom stereocenters. The van der Waals surface area contributed by atoms with E-state index < -0.39 is 80.3 Å². The smallest absolute Gasteiger partial charge is 0.304 e. The summed E-state index contributed by atoms with van der Waals surface area (Å²) in [6.45, 7) is 28.7. The number of carbonyl (C=O) groups is 6. The predicted octanol–water partition coefficient (Wildman–Crippen LogP) is 19.9. The fourth-order valence-corrected chi connectivity index (χ4v) is 22.5. The number of piperidine rings is 3. The van der Waals surface area contributed by atoms with E-state index in [4.69, 9.17) is 69.6 Å². The van der Waals surface area contributed by atoms with E-state index in [9.17, 15) is 61.8 Å². The number of nitrogens with zero attached hydrogens (tertiary/aromatic N) is 3. The van der Waals surface area contributed by atoms with Crippen molar-refractivity contribution < 1.29 is 61.8 Å². The molecule has 3 heterocycles. The number of rotatable bonds is 29. The highest BCUT2D eigenvalue weighted by atomic mass is 35.5. The van der Waals surface area contributed by atoms with Crippen molar-refractivity contribution in [1.82, 2.24) is 20.0 Å². The number of carbonyl (C=O) groups excluding carboxylic acids is 4. The number of halogens is 6. The van der Waals surface area contributed by atoms with Crippen molar-refractivity contribution in [1.29, 1.82) is 0 Å². The third-order valence-corrected chi connectivity index (χ3v) is 30.3. The van der Waals surface area contributed by atoms with Crippen LogP contribution in [-0.4, -0.2) is 144 Å². The first-order valence-corrected chi connectivity index (χ1v) is 52.0. The Hall–Kier alpha value is -5.64. The van der Waals surface area contributed by atoms with Crippen molar-refractivity contribution in [2.45, 2.75) is 224 Å². The number of likely N-dealkylation sites (tertiary alicyclic amines) is 3. The second kappa shape index (κ2) is 39.1. The van der Waals surface area contributed by atoms with Crippen LogP contribution in [0.15, 0.2) is 146 Å². The number of carboxylic acid groups (broad SMARTS) is 2. The van der Waals surface area contributed by atoms with Crippen molar-refractivity contribution in [3.63, 3.8) is 0 Å². The van der Waals surface area contributed by atoms with E-state index in [1.165, 1.54) is 0 Å². The third-order valence-electron chi connectivity index (χ3n) is 22.0. The molecule has 0 radical (unpaired) electrons. The monoisotopic (exact) mass is 1720 g/mol. The van der Waals surface area contributed by atoms with Crippen LogP contribution in [0.3, 0.4) is 0 Å². The van der Waals surface area contributed by atoms with Crippen LogP contribution in [0.4, 0.5) is 0 Å². The lowest BCUT2D eigenvalue weighted by atomic mass is 9.66. The summed E-state index contributed by atoms with van der Waals surface area (Å²) in [4.78, 5) is 117. The van der Waals surface area contributed by atoms with Crippen LogP contribution >= 0.6 is 69.6 Å². The average molecular weight is 1730 g/mol. The van der Waals surface area contributed by atoms with Gasteiger partial charge in [0.15, 0.2) is 34.8 Å². The molecule has 3 aliphatic rings. The molecular formula is C85H114Cl6N4O13SSi3. The van der Waals surface area contributed by atoms with Gasteiger partial charge in [0.25, 0.3) is 0 Å². The van der Waals surface area contributed by atoms with Gasteiger partial charge in [-0.25, -0.2) is 8.42 Å². The fraction of sp³-hybridized carbons (Fsp3) is 0.506. The number of hydrogen-bond donors (Lipinski definition) is 6. The Balaban J connectivity index is 0.000000236. The van der Waals surface area contributed by atoms with Gasteiger partial charge in [-0.05, 0) is 221 Å². The fourth-order valence-electron chi connectivity index (χ4n) is 16.4. The zero-order chi connectivity index (χ0) is 83.6. The van der Waals surface area contributed by atoms with Crippen LogP contribution in [0.2, 0.25) is 87.6 Å². The molecule has 11 atom stereocenters. The number of hydrogen-bond acceptors (Lipinski definition) is 11. The van der Waals surface area contributed by atoms with E-state index in [-0.39, 0.29) is 96.4 Å². The van der Waals surface area contributed by atoms with Crippen LogP contribution in [0, 0.1) is 28.1 Å². The van der Waals surface area contributed by atoms with Crippen molar-refractivity contribution >= 4 is 140 Å². The zero-order valence-corrected chi connectivity index (χ0v) is 75.5. The van der Waals surface area contributed by atoms with Gasteiger partial charge in [0.05, 0.1) is 58.2 Å². The first kappa shape index (κ1) is 93.5. The SMILES string of the molecule is CC(C)[C@@H](CS(=O)(=O)C(C)C)N1C(=O)[C@@](C)(CC(=O)NCCC[Si](C)(C)O)CC(c2cccc(Cl)c2)[C@H]1c1ccc(Cl)cc1.CC(C)[C@@H](C[Si](C)(C)O)N1C(=O)[C@@](C)(CC(=O)O)CC(c2cccc(Cl)c2)[C@H]1c1ccc(Cl)cc1.C[C@]1(CC(=O)O)CC(c2cccc(Cl)c2)[C@@H](c2ccc(Cl)cc2)N(CCC[Si](C)(C)O)C1=O. The maximum absolute atomic E-state index is 14.8. The molecule has 6 aromatic rings. The molecular weight excluding hydrogens is 1610 g/mol. The van der Waals surface area contributed by atoms with Crippen molar-refractivity contribution in [2.24, 2.45) is 28.1 Å². The first-order chi connectivity index (χ1) is 52.0. The van der Waals surface area contributed by atoms with Crippen molar-refractivity contribution in [3.05, 3.63) is 209 Å². The summed E-state index contributed by atoms with van der Waals surface area (Å²) < 4.78 is 26.8. The van der Waals surface area contributed by atoms with Gasteiger partial charge in [0, 0.05) is 79.5 Å². The Morgan fingerprint density at radius 1 is 0.464 bits per heavy atom. The lowest BCUT2D eigenvalue weighted by molar-refractivity contribution is -0.161. The van der Waals surface area contributed by atoms with Gasteiger partial charge in [0.2, 0.25) is 23.6 Å². The largest absolute Gasteiger partial charge is 0.481 e. The molecule has 9 rings (SSSR count). The van der Waals surface area contributed by atoms with Crippen molar-refractivity contribution in [2.75, 3.05) is 18.8 Å². The van der Waals surface area contributed by atoms with Gasteiger partial charge in [-0.2, -0.15) is 0 Å². The molecule has 3 fully saturated rings. The van der Waals surface area contributed by atoms with Gasteiger partial charge in [-0.3, -0.25) is 28.8 Å². The van der Waals surface area contributed by atoms with Gasteiger partial charge in [-0.15, -0.1) is 0 Å². The van der Waals surface area contributed by atoms with Crippen LogP contribution in [0.5, 0.6) is 0 Å². The normalized spacial score (nSPS) is 23.1. The third kappa shape index (κ3) is 25.4. The average Bonchev–Trinajstić information content (AvgIpc) is 0.747. The van der Waals surface area contributed by atoms with Gasteiger partial charge < -0.3 is 44.6 Å². The first-order valence-electron chi connectivity index (χ1n) is 38.5. The Bertz CT molecular complexity index is 4360. The van der Waals surface area contributed by atoms with E-state index in [1.807, 2.05) is 185 Å². The molecule has 0 spiro atoms. The Kier molecular flexibility index (Phi) is 32.6. The number of sulfone groups is 1. The highest BCUT2D eigenvalue weighted by Gasteiger charge is 2.56. The maximum atomic E-state index is 14.8. The molecule has 612 valence electrons. The maximum Gasteiger partial charge on any atom is 0.304 e. The van der Waals surface area contributed by atoms with Gasteiger partial charge >= 0.3 is 11.9 Å². The van der Waals surface area contributed by atoms with Crippen LogP contribution < -0.4 is 5.32 Å². The lowest BCUT2D eigenvalue weighted by Gasteiger charge is -2.53. The molecule has 3 aliphatic heterocycles. The quantitative estimate of drug-likeness (QED) is 0.0189. The van der Waals surface area contributed by atoms with E-state index in [0.717, 1.165) is 33.4 Å². The minimum absolute atomic E-state index is 0.0472. The molecule has 112 heavy (non-hydrogen) atoms. The molecule has 0 aromatic heterocycles. The predicted molar refractivity (Wildman–Crippen MR) is 460 cm³/mol. The Morgan fingerprint density at radius 2 is 0.804 bits per heavy atom. The topological polar surface area (TPSA) is 259 Å². The van der Waals surface area contributed by atoms with Crippen LogP contribution in [-0.2, 0) is 38.6 Å². The minimum Gasteiger partial charge on any atom is -0.481 e. The zero-order valence-electron chi connectivity index (χ0n) is 67.1. The molecule has 3 saturated heterocycles. The highest BCUT2D eigenvalue weighted by molar-refractivity contribution is 7.92. The second-order valence-corrected chi connectivity index (χ2v) is 52.2. The van der Waals surface area contributed by atoms with E-state index in [1.54, 1.807) is 62.9 Å². The van der Waals surface area contributed by atoms with E-state index in [2.05, 4.69) is 19.2 Å². The summed E-state index contributed by atoms with van der Waals surface area (Å²) >= 11 is 37.8. The molecule has 6 N–H and O–H groups in total.